The van der Waals surface area contributed by atoms with Gasteiger partial charge in [0.05, 0.1) is 17.4 Å². The van der Waals surface area contributed by atoms with Gasteiger partial charge >= 0.3 is 5.69 Å². The lowest BCUT2D eigenvalue weighted by atomic mass is 10.1. The third-order valence-electron chi connectivity index (χ3n) is 5.00. The highest BCUT2D eigenvalue weighted by molar-refractivity contribution is 5.96. The quantitative estimate of drug-likeness (QED) is 0.479. The van der Waals surface area contributed by atoms with Crippen LogP contribution in [-0.2, 0) is 19.5 Å². The molecule has 5 nitrogen and oxygen atoms in total. The fourth-order valence-electron chi connectivity index (χ4n) is 3.47. The van der Waals surface area contributed by atoms with E-state index in [1.807, 2.05) is 36.4 Å². The van der Waals surface area contributed by atoms with E-state index < -0.39 is 5.69 Å². The fourth-order valence-corrected chi connectivity index (χ4v) is 3.47. The number of benzene rings is 3. The molecule has 0 atom stereocenters. The van der Waals surface area contributed by atoms with Crippen LogP contribution < -0.4 is 11.2 Å². The van der Waals surface area contributed by atoms with Crippen LogP contribution in [0.25, 0.3) is 10.9 Å². The normalized spacial score (nSPS) is 10.9. The van der Waals surface area contributed by atoms with E-state index in [1.54, 1.807) is 48.5 Å². The van der Waals surface area contributed by atoms with Crippen molar-refractivity contribution in [2.45, 2.75) is 19.5 Å². The Hall–Kier alpha value is -3.73. The molecule has 3 aromatic carbocycles. The van der Waals surface area contributed by atoms with E-state index in [9.17, 15) is 14.4 Å². The first kappa shape index (κ1) is 18.6. The van der Waals surface area contributed by atoms with Crippen LogP contribution in [0.1, 0.15) is 15.9 Å². The summed E-state index contributed by atoms with van der Waals surface area (Å²) in [6, 6.07) is 25.5. The highest BCUT2D eigenvalue weighted by atomic mass is 16.2. The standard InChI is InChI=1S/C24H20N2O3/c27-22(19-11-5-2-6-12-19)17-26-21-14-8-7-13-20(21)23(28)25(24(26)29)16-15-18-9-3-1-4-10-18/h1-14H,15-17H2. The molecule has 4 aromatic rings. The monoisotopic (exact) mass is 384 g/mol. The molecule has 144 valence electrons. The zero-order chi connectivity index (χ0) is 20.2. The van der Waals surface area contributed by atoms with Crippen molar-refractivity contribution in [3.63, 3.8) is 0 Å². The van der Waals surface area contributed by atoms with Gasteiger partial charge in [0.25, 0.3) is 5.56 Å². The number of hydrogen-bond donors (Lipinski definition) is 0. The number of fused-ring (bicyclic) bond motifs is 1. The summed E-state index contributed by atoms with van der Waals surface area (Å²) in [4.78, 5) is 38.8. The zero-order valence-electron chi connectivity index (χ0n) is 15.8. The molecule has 0 amide bonds. The van der Waals surface area contributed by atoms with Gasteiger partial charge in [-0.1, -0.05) is 72.8 Å². The van der Waals surface area contributed by atoms with Gasteiger partial charge in [-0.15, -0.1) is 0 Å². The Morgan fingerprint density at radius 2 is 1.34 bits per heavy atom. The van der Waals surface area contributed by atoms with Crippen LogP contribution in [0.5, 0.6) is 0 Å². The van der Waals surface area contributed by atoms with E-state index in [0.717, 1.165) is 5.56 Å². The summed E-state index contributed by atoms with van der Waals surface area (Å²) >= 11 is 0. The average Bonchev–Trinajstić information content (AvgIpc) is 2.78. The minimum atomic E-state index is -0.464. The molecule has 0 saturated carbocycles. The van der Waals surface area contributed by atoms with E-state index in [4.69, 9.17) is 0 Å². The number of nitrogens with zero attached hydrogens (tertiary/aromatic N) is 2. The first-order chi connectivity index (χ1) is 14.1. The first-order valence-electron chi connectivity index (χ1n) is 9.50. The van der Waals surface area contributed by atoms with Gasteiger partial charge in [-0.25, -0.2) is 4.79 Å². The van der Waals surface area contributed by atoms with E-state index >= 15 is 0 Å². The average molecular weight is 384 g/mol. The van der Waals surface area contributed by atoms with E-state index in [2.05, 4.69) is 0 Å². The van der Waals surface area contributed by atoms with Crippen molar-refractivity contribution >= 4 is 16.7 Å². The van der Waals surface area contributed by atoms with Crippen LogP contribution in [-0.4, -0.2) is 14.9 Å². The van der Waals surface area contributed by atoms with Gasteiger partial charge in [-0.2, -0.15) is 0 Å². The minimum absolute atomic E-state index is 0.116. The van der Waals surface area contributed by atoms with Gasteiger partial charge in [0.1, 0.15) is 0 Å². The number of aromatic nitrogens is 2. The number of carbonyl (C=O) groups is 1. The van der Waals surface area contributed by atoms with Crippen molar-refractivity contribution in [2.75, 3.05) is 0 Å². The lowest BCUT2D eigenvalue weighted by Gasteiger charge is -2.14. The molecule has 5 heteroatoms. The van der Waals surface area contributed by atoms with Crippen molar-refractivity contribution in [3.05, 3.63) is 117 Å². The number of ketones is 1. The third-order valence-corrected chi connectivity index (χ3v) is 5.00. The summed E-state index contributed by atoms with van der Waals surface area (Å²) in [7, 11) is 0. The maximum absolute atomic E-state index is 13.2. The highest BCUT2D eigenvalue weighted by Gasteiger charge is 2.16. The molecule has 1 heterocycles. The summed E-state index contributed by atoms with van der Waals surface area (Å²) in [6.07, 6.45) is 0.557. The van der Waals surface area contributed by atoms with Crippen LogP contribution in [0.3, 0.4) is 0 Å². The summed E-state index contributed by atoms with van der Waals surface area (Å²) < 4.78 is 2.63. The first-order valence-corrected chi connectivity index (χ1v) is 9.50. The Labute approximate surface area is 167 Å². The summed E-state index contributed by atoms with van der Waals surface area (Å²) in [5.41, 5.74) is 1.26. The van der Waals surface area contributed by atoms with Gasteiger partial charge < -0.3 is 0 Å². The Morgan fingerprint density at radius 1 is 0.724 bits per heavy atom. The number of rotatable bonds is 6. The smallest absolute Gasteiger partial charge is 0.292 e. The second-order valence-corrected chi connectivity index (χ2v) is 6.87. The maximum atomic E-state index is 13.2. The van der Waals surface area contributed by atoms with E-state index in [-0.39, 0.29) is 24.4 Å². The van der Waals surface area contributed by atoms with Gasteiger partial charge in [0, 0.05) is 12.1 Å². The van der Waals surface area contributed by atoms with Gasteiger partial charge in [-0.05, 0) is 24.1 Å². The minimum Gasteiger partial charge on any atom is -0.292 e. The summed E-state index contributed by atoms with van der Waals surface area (Å²) in [5.74, 6) is -0.175. The molecule has 0 unspecified atom stereocenters. The predicted molar refractivity (Wildman–Crippen MR) is 113 cm³/mol. The molecule has 0 aliphatic carbocycles. The molecular weight excluding hydrogens is 364 g/mol. The van der Waals surface area contributed by atoms with Crippen molar-refractivity contribution < 1.29 is 4.79 Å². The van der Waals surface area contributed by atoms with Gasteiger partial charge in [0.2, 0.25) is 0 Å². The van der Waals surface area contributed by atoms with Gasteiger partial charge in [-0.3, -0.25) is 18.7 Å². The van der Waals surface area contributed by atoms with Crippen molar-refractivity contribution in [1.82, 2.24) is 9.13 Å². The van der Waals surface area contributed by atoms with Crippen LogP contribution in [0.2, 0.25) is 0 Å². The SMILES string of the molecule is O=C(Cn1c(=O)n(CCc2ccccc2)c(=O)c2ccccc21)c1ccccc1. The molecule has 0 aliphatic heterocycles. The molecule has 0 radical (unpaired) electrons. The topological polar surface area (TPSA) is 61.1 Å². The van der Waals surface area contributed by atoms with Crippen LogP contribution in [0.15, 0.2) is 94.5 Å². The van der Waals surface area contributed by atoms with E-state index in [1.165, 1.54) is 9.13 Å². The number of aryl methyl sites for hydroxylation is 1. The third kappa shape index (κ3) is 3.80. The summed E-state index contributed by atoms with van der Waals surface area (Å²) in [5, 5.41) is 0.432. The van der Waals surface area contributed by atoms with Crippen molar-refractivity contribution in [1.29, 1.82) is 0 Å². The molecule has 0 fully saturated rings. The van der Waals surface area contributed by atoms with Gasteiger partial charge in [0.15, 0.2) is 5.78 Å². The van der Waals surface area contributed by atoms with E-state index in [0.29, 0.717) is 22.9 Å². The predicted octanol–water partition coefficient (Wildman–Crippen LogP) is 3.29. The van der Waals surface area contributed by atoms with Crippen LogP contribution in [0.4, 0.5) is 0 Å². The van der Waals surface area contributed by atoms with Crippen molar-refractivity contribution in [2.24, 2.45) is 0 Å². The second kappa shape index (κ2) is 8.10. The molecule has 29 heavy (non-hydrogen) atoms. The molecular formula is C24H20N2O3. The molecule has 1 aromatic heterocycles. The highest BCUT2D eigenvalue weighted by Crippen LogP contribution is 2.10. The lowest BCUT2D eigenvalue weighted by Crippen LogP contribution is -2.41. The Morgan fingerprint density at radius 3 is 2.07 bits per heavy atom. The molecule has 0 aliphatic rings. The van der Waals surface area contributed by atoms with Crippen LogP contribution >= 0.6 is 0 Å². The Balaban J connectivity index is 1.78. The lowest BCUT2D eigenvalue weighted by molar-refractivity contribution is 0.0971. The Bertz CT molecular complexity index is 1270. The van der Waals surface area contributed by atoms with Crippen LogP contribution in [0, 0.1) is 0 Å². The second-order valence-electron chi connectivity index (χ2n) is 6.87. The molecule has 0 bridgehead atoms. The number of Topliss-reactive ketones (excluding diaryl/α,β-unsaturated/α-hetero) is 1. The molecule has 0 saturated heterocycles. The van der Waals surface area contributed by atoms with Crippen molar-refractivity contribution in [3.8, 4) is 0 Å². The molecule has 0 spiro atoms. The largest absolute Gasteiger partial charge is 0.331 e. The number of hydrogen-bond acceptors (Lipinski definition) is 3. The number of para-hydroxylation sites is 1. The maximum Gasteiger partial charge on any atom is 0.331 e. The Kier molecular flexibility index (Phi) is 5.20. The molecule has 4 rings (SSSR count). The fraction of sp³-hybridized carbons (Fsp3) is 0.125. The summed E-state index contributed by atoms with van der Waals surface area (Å²) in [6.45, 7) is 0.140. The zero-order valence-corrected chi connectivity index (χ0v) is 15.8. The number of carbonyl (C=O) groups excluding carboxylic acids is 1. The molecule has 0 N–H and O–H groups in total.